The first-order chi connectivity index (χ1) is 9.24. The van der Waals surface area contributed by atoms with Gasteiger partial charge in [0, 0.05) is 6.42 Å². The second-order valence-corrected chi connectivity index (χ2v) is 6.02. The Morgan fingerprint density at radius 2 is 2.21 bits per heavy atom. The van der Waals surface area contributed by atoms with E-state index in [9.17, 15) is 4.79 Å². The molecule has 0 aromatic carbocycles. The minimum atomic E-state index is 0.0987. The molecule has 2 aromatic rings. The second-order valence-electron chi connectivity index (χ2n) is 3.97. The molecule has 0 atom stereocenters. The summed E-state index contributed by atoms with van der Waals surface area (Å²) in [5.41, 5.74) is 1.61. The van der Waals surface area contributed by atoms with E-state index in [1.807, 2.05) is 43.5 Å². The molecule has 0 saturated heterocycles. The molecule has 2 rings (SSSR count). The van der Waals surface area contributed by atoms with E-state index in [1.54, 1.807) is 11.3 Å². The van der Waals surface area contributed by atoms with Crippen LogP contribution in [0, 0.1) is 0 Å². The predicted octanol–water partition coefficient (Wildman–Crippen LogP) is 4.42. The minimum Gasteiger partial charge on any atom is -0.310 e. The van der Waals surface area contributed by atoms with Gasteiger partial charge in [-0.2, -0.15) is 0 Å². The molecule has 1 N–H and O–H groups in total. The van der Waals surface area contributed by atoms with E-state index in [-0.39, 0.29) is 5.78 Å². The average Bonchev–Trinajstić information content (AvgIpc) is 2.97. The van der Waals surface area contributed by atoms with Crippen LogP contribution < -0.4 is 4.72 Å². The summed E-state index contributed by atoms with van der Waals surface area (Å²) in [7, 11) is 0. The monoisotopic (exact) mass is 292 g/mol. The quantitative estimate of drug-likeness (QED) is 0.632. The molecular formula is C14H16N2OS2. The van der Waals surface area contributed by atoms with Crippen LogP contribution in [0.3, 0.4) is 0 Å². The third-order valence-electron chi connectivity index (χ3n) is 2.70. The van der Waals surface area contributed by atoms with E-state index >= 15 is 0 Å². The average molecular weight is 292 g/mol. The summed E-state index contributed by atoms with van der Waals surface area (Å²) >= 11 is 3.19. The Bertz CT molecular complexity index is 553. The zero-order valence-electron chi connectivity index (χ0n) is 11.0. The Morgan fingerprint density at radius 1 is 1.37 bits per heavy atom. The molecule has 2 aromatic heterocycles. The van der Waals surface area contributed by atoms with E-state index in [4.69, 9.17) is 0 Å². The van der Waals surface area contributed by atoms with Gasteiger partial charge >= 0.3 is 0 Å². The van der Waals surface area contributed by atoms with Gasteiger partial charge in [0.1, 0.15) is 11.5 Å². The number of Topliss-reactive ketones (excluding diaryl/α,β-unsaturated/α-hetero) is 1. The standard InChI is InChI=1S/C14H16N2OS2/c1-3-10-7-8-12(15-14(10)11(17)4-2)16-19-13-6-5-9-18-13/h5-9H,3-4H2,1-2H3,(H,15,16). The number of hydrogen-bond acceptors (Lipinski definition) is 5. The number of ketones is 1. The lowest BCUT2D eigenvalue weighted by Gasteiger charge is -2.08. The smallest absolute Gasteiger partial charge is 0.181 e. The highest BCUT2D eigenvalue weighted by Crippen LogP contribution is 2.25. The number of nitrogens with one attached hydrogen (secondary N) is 1. The molecule has 0 fully saturated rings. The van der Waals surface area contributed by atoms with E-state index < -0.39 is 0 Å². The molecule has 0 aliphatic carbocycles. The summed E-state index contributed by atoms with van der Waals surface area (Å²) in [6.07, 6.45) is 1.31. The van der Waals surface area contributed by atoms with Crippen molar-refractivity contribution in [2.75, 3.05) is 4.72 Å². The van der Waals surface area contributed by atoms with Gasteiger partial charge in [0.2, 0.25) is 0 Å². The van der Waals surface area contributed by atoms with Crippen LogP contribution in [0.15, 0.2) is 33.9 Å². The lowest BCUT2D eigenvalue weighted by Crippen LogP contribution is -2.06. The van der Waals surface area contributed by atoms with Gasteiger partial charge in [-0.3, -0.25) is 4.79 Å². The largest absolute Gasteiger partial charge is 0.310 e. The molecule has 100 valence electrons. The maximum Gasteiger partial charge on any atom is 0.181 e. The van der Waals surface area contributed by atoms with Crippen molar-refractivity contribution >= 4 is 34.9 Å². The van der Waals surface area contributed by atoms with Gasteiger partial charge in [0.15, 0.2) is 5.78 Å². The molecule has 0 unspecified atom stereocenters. The summed E-state index contributed by atoms with van der Waals surface area (Å²) in [5.74, 6) is 0.828. The van der Waals surface area contributed by atoms with Crippen LogP contribution in [0.1, 0.15) is 36.3 Å². The number of aromatic nitrogens is 1. The SMILES string of the molecule is CCC(=O)c1nc(NSc2cccs2)ccc1CC. The first-order valence-corrected chi connectivity index (χ1v) is 7.93. The van der Waals surface area contributed by atoms with E-state index in [1.165, 1.54) is 16.2 Å². The Kier molecular flexibility index (Phi) is 4.99. The lowest BCUT2D eigenvalue weighted by molar-refractivity contribution is 0.0982. The molecule has 2 heterocycles. The molecule has 0 radical (unpaired) electrons. The molecular weight excluding hydrogens is 276 g/mol. The predicted molar refractivity (Wildman–Crippen MR) is 82.0 cm³/mol. The van der Waals surface area contributed by atoms with Crippen molar-refractivity contribution in [3.05, 3.63) is 40.9 Å². The number of nitrogens with zero attached hydrogens (tertiary/aromatic N) is 1. The van der Waals surface area contributed by atoms with Crippen LogP contribution in [-0.2, 0) is 6.42 Å². The number of carbonyl (C=O) groups excluding carboxylic acids is 1. The van der Waals surface area contributed by atoms with E-state index in [2.05, 4.69) is 9.71 Å². The van der Waals surface area contributed by atoms with E-state index in [0.29, 0.717) is 12.1 Å². The highest BCUT2D eigenvalue weighted by Gasteiger charge is 2.11. The van der Waals surface area contributed by atoms with Crippen LogP contribution >= 0.6 is 23.3 Å². The fourth-order valence-corrected chi connectivity index (χ4v) is 3.06. The van der Waals surface area contributed by atoms with Gasteiger partial charge < -0.3 is 4.72 Å². The van der Waals surface area contributed by atoms with Crippen molar-refractivity contribution in [2.45, 2.75) is 30.9 Å². The summed E-state index contributed by atoms with van der Waals surface area (Å²) < 4.78 is 4.35. The molecule has 19 heavy (non-hydrogen) atoms. The fourth-order valence-electron chi connectivity index (χ4n) is 1.66. The third-order valence-corrected chi connectivity index (χ3v) is 4.54. The van der Waals surface area contributed by atoms with Crippen LogP contribution in [0.4, 0.5) is 5.82 Å². The van der Waals surface area contributed by atoms with Gasteiger partial charge in [-0.05, 0) is 41.4 Å². The van der Waals surface area contributed by atoms with Crippen LogP contribution in [0.5, 0.6) is 0 Å². The van der Waals surface area contributed by atoms with Crippen LogP contribution in [-0.4, -0.2) is 10.8 Å². The summed E-state index contributed by atoms with van der Waals surface area (Å²) in [6, 6.07) is 7.95. The van der Waals surface area contributed by atoms with Gasteiger partial charge in [0.25, 0.3) is 0 Å². The Hall–Kier alpha value is -1.33. The number of thiophene rings is 1. The maximum absolute atomic E-state index is 11.9. The maximum atomic E-state index is 11.9. The summed E-state index contributed by atoms with van der Waals surface area (Å²) in [4.78, 5) is 16.3. The number of pyridine rings is 1. The summed E-state index contributed by atoms with van der Waals surface area (Å²) in [6.45, 7) is 3.90. The Morgan fingerprint density at radius 3 is 2.84 bits per heavy atom. The van der Waals surface area contributed by atoms with Crippen molar-refractivity contribution in [3.8, 4) is 0 Å². The van der Waals surface area contributed by atoms with Crippen molar-refractivity contribution in [1.82, 2.24) is 4.98 Å². The molecule has 0 bridgehead atoms. The zero-order valence-corrected chi connectivity index (χ0v) is 12.6. The highest BCUT2D eigenvalue weighted by atomic mass is 32.2. The van der Waals surface area contributed by atoms with Gasteiger partial charge in [-0.15, -0.1) is 11.3 Å². The van der Waals surface area contributed by atoms with Crippen LogP contribution in [0.2, 0.25) is 0 Å². The number of carbonyl (C=O) groups is 1. The number of aryl methyl sites for hydroxylation is 1. The molecule has 0 aliphatic heterocycles. The van der Waals surface area contributed by atoms with Crippen molar-refractivity contribution < 1.29 is 4.79 Å². The normalized spacial score (nSPS) is 10.4. The second kappa shape index (κ2) is 6.73. The van der Waals surface area contributed by atoms with Crippen molar-refractivity contribution in [2.24, 2.45) is 0 Å². The topological polar surface area (TPSA) is 42.0 Å². The number of rotatable bonds is 6. The number of anilines is 1. The number of hydrogen-bond donors (Lipinski definition) is 1. The zero-order chi connectivity index (χ0) is 13.7. The lowest BCUT2D eigenvalue weighted by atomic mass is 10.1. The molecule has 0 aliphatic rings. The van der Waals surface area contributed by atoms with E-state index in [0.717, 1.165) is 17.8 Å². The fraction of sp³-hybridized carbons (Fsp3) is 0.286. The van der Waals surface area contributed by atoms with Crippen molar-refractivity contribution in [1.29, 1.82) is 0 Å². The Balaban J connectivity index is 2.15. The molecule has 0 spiro atoms. The molecule has 0 saturated carbocycles. The Labute approximate surface area is 121 Å². The molecule has 5 heteroatoms. The van der Waals surface area contributed by atoms with Gasteiger partial charge in [-0.25, -0.2) is 4.98 Å². The summed E-state index contributed by atoms with van der Waals surface area (Å²) in [5, 5.41) is 2.03. The van der Waals surface area contributed by atoms with Crippen molar-refractivity contribution in [3.63, 3.8) is 0 Å². The first kappa shape index (κ1) is 14.1. The van der Waals surface area contributed by atoms with Gasteiger partial charge in [0.05, 0.1) is 4.21 Å². The minimum absolute atomic E-state index is 0.0987. The molecule has 0 amide bonds. The highest BCUT2D eigenvalue weighted by molar-refractivity contribution is 8.02. The third kappa shape index (κ3) is 3.58. The molecule has 3 nitrogen and oxygen atoms in total. The van der Waals surface area contributed by atoms with Gasteiger partial charge in [-0.1, -0.05) is 26.0 Å². The first-order valence-electron chi connectivity index (χ1n) is 6.24. The van der Waals surface area contributed by atoms with Crippen LogP contribution in [0.25, 0.3) is 0 Å².